The van der Waals surface area contributed by atoms with Crippen molar-refractivity contribution in [2.45, 2.75) is 33.0 Å². The molecular weight excluding hydrogens is 447 g/mol. The largest absolute Gasteiger partial charge is 0.390 e. The smallest absolute Gasteiger partial charge is 0.255 e. The van der Waals surface area contributed by atoms with Crippen LogP contribution in [0.15, 0.2) is 53.5 Å². The molecule has 2 aromatic heterocycles. The highest BCUT2D eigenvalue weighted by atomic mass is 19.1. The molecule has 0 aliphatic carbocycles. The van der Waals surface area contributed by atoms with E-state index in [0.29, 0.717) is 22.4 Å². The van der Waals surface area contributed by atoms with Crippen molar-refractivity contribution in [1.82, 2.24) is 14.5 Å². The molecule has 0 spiro atoms. The van der Waals surface area contributed by atoms with E-state index in [1.165, 1.54) is 48.0 Å². The monoisotopic (exact) mass is 469 g/mol. The Kier molecular flexibility index (Phi) is 6.16. The summed E-state index contributed by atoms with van der Waals surface area (Å²) in [5.41, 5.74) is 1.85. The van der Waals surface area contributed by atoms with Gasteiger partial charge in [-0.15, -0.1) is 0 Å². The van der Waals surface area contributed by atoms with Crippen molar-refractivity contribution in [3.8, 4) is 28.2 Å². The van der Waals surface area contributed by atoms with Crippen LogP contribution in [0.2, 0.25) is 0 Å². The average molecular weight is 469 g/mol. The summed E-state index contributed by atoms with van der Waals surface area (Å²) in [5, 5.41) is 20.1. The van der Waals surface area contributed by atoms with E-state index < -0.39 is 29.7 Å². The fourth-order valence-electron chi connectivity index (χ4n) is 3.94. The van der Waals surface area contributed by atoms with Gasteiger partial charge in [0.2, 0.25) is 0 Å². The van der Waals surface area contributed by atoms with Crippen molar-refractivity contribution in [3.63, 3.8) is 0 Å². The molecule has 4 rings (SSSR count). The fraction of sp³-hybridized carbons (Fsp3) is 0.200. The SMILES string of the molecule is Cc1cc(F)cc(C)c1-n1cc(-c2nc([C@H](O)[C@H](C)O)[nH]c2-c2ccc(F)cc2F)ccc1=O. The van der Waals surface area contributed by atoms with E-state index in [-0.39, 0.29) is 28.3 Å². The van der Waals surface area contributed by atoms with Gasteiger partial charge in [0.1, 0.15) is 29.4 Å². The summed E-state index contributed by atoms with van der Waals surface area (Å²) in [4.78, 5) is 19.9. The molecular formula is C25H22F3N3O3. The molecule has 0 aliphatic heterocycles. The van der Waals surface area contributed by atoms with E-state index in [9.17, 15) is 28.2 Å². The molecule has 0 aliphatic rings. The zero-order valence-electron chi connectivity index (χ0n) is 18.6. The summed E-state index contributed by atoms with van der Waals surface area (Å²) < 4.78 is 43.3. The predicted octanol–water partition coefficient (Wildman–Crippen LogP) is 4.34. The normalized spacial score (nSPS) is 13.2. The van der Waals surface area contributed by atoms with Crippen LogP contribution in [-0.2, 0) is 0 Å². The number of rotatable bonds is 5. The molecule has 2 atom stereocenters. The number of benzene rings is 2. The third kappa shape index (κ3) is 4.27. The summed E-state index contributed by atoms with van der Waals surface area (Å²) in [6.45, 7) is 4.72. The number of nitrogens with zero attached hydrogens (tertiary/aromatic N) is 2. The van der Waals surface area contributed by atoms with Gasteiger partial charge in [-0.2, -0.15) is 0 Å². The van der Waals surface area contributed by atoms with Gasteiger partial charge in [0.15, 0.2) is 0 Å². The van der Waals surface area contributed by atoms with Crippen LogP contribution in [0, 0.1) is 31.3 Å². The van der Waals surface area contributed by atoms with Crippen molar-refractivity contribution >= 4 is 0 Å². The van der Waals surface area contributed by atoms with Crippen molar-refractivity contribution in [1.29, 1.82) is 0 Å². The predicted molar refractivity (Wildman–Crippen MR) is 121 cm³/mol. The number of hydrogen-bond donors (Lipinski definition) is 3. The highest BCUT2D eigenvalue weighted by Crippen LogP contribution is 2.34. The molecule has 2 aromatic carbocycles. The van der Waals surface area contributed by atoms with E-state index in [2.05, 4.69) is 9.97 Å². The maximum absolute atomic E-state index is 14.7. The third-order valence-electron chi connectivity index (χ3n) is 5.54. The highest BCUT2D eigenvalue weighted by molar-refractivity contribution is 5.78. The van der Waals surface area contributed by atoms with Crippen LogP contribution in [0.1, 0.15) is 30.0 Å². The molecule has 9 heteroatoms. The van der Waals surface area contributed by atoms with Crippen molar-refractivity contribution in [3.05, 3.63) is 93.4 Å². The van der Waals surface area contributed by atoms with Crippen LogP contribution in [0.5, 0.6) is 0 Å². The number of nitrogens with one attached hydrogen (secondary N) is 1. The summed E-state index contributed by atoms with van der Waals surface area (Å²) in [6.07, 6.45) is -1.10. The number of pyridine rings is 1. The second kappa shape index (κ2) is 8.92. The van der Waals surface area contributed by atoms with Crippen LogP contribution in [0.25, 0.3) is 28.2 Å². The molecule has 2 heterocycles. The van der Waals surface area contributed by atoms with Gasteiger partial charge in [-0.05, 0) is 62.2 Å². The van der Waals surface area contributed by atoms with E-state index in [1.807, 2.05) is 0 Å². The lowest BCUT2D eigenvalue weighted by molar-refractivity contribution is 0.0255. The summed E-state index contributed by atoms with van der Waals surface area (Å²) in [6, 6.07) is 8.43. The Morgan fingerprint density at radius 3 is 2.26 bits per heavy atom. The van der Waals surface area contributed by atoms with E-state index >= 15 is 0 Å². The number of aromatic nitrogens is 3. The van der Waals surface area contributed by atoms with Crippen LogP contribution in [0.3, 0.4) is 0 Å². The molecule has 0 saturated carbocycles. The summed E-state index contributed by atoms with van der Waals surface area (Å²) >= 11 is 0. The fourth-order valence-corrected chi connectivity index (χ4v) is 3.94. The lowest BCUT2D eigenvalue weighted by Crippen LogP contribution is -2.18. The van der Waals surface area contributed by atoms with Gasteiger partial charge < -0.3 is 15.2 Å². The number of aliphatic hydroxyl groups is 2. The first-order chi connectivity index (χ1) is 16.1. The second-order valence-corrected chi connectivity index (χ2v) is 8.17. The Morgan fingerprint density at radius 1 is 0.971 bits per heavy atom. The van der Waals surface area contributed by atoms with E-state index in [4.69, 9.17) is 0 Å². The number of aliphatic hydroxyl groups excluding tert-OH is 2. The van der Waals surface area contributed by atoms with Crippen LogP contribution in [-0.4, -0.2) is 30.9 Å². The minimum atomic E-state index is -1.40. The minimum Gasteiger partial charge on any atom is -0.390 e. The lowest BCUT2D eigenvalue weighted by atomic mass is 10.0. The molecule has 0 fully saturated rings. The zero-order valence-corrected chi connectivity index (χ0v) is 18.6. The van der Waals surface area contributed by atoms with Gasteiger partial charge in [-0.3, -0.25) is 9.36 Å². The van der Waals surface area contributed by atoms with Gasteiger partial charge >= 0.3 is 0 Å². The molecule has 176 valence electrons. The van der Waals surface area contributed by atoms with Crippen molar-refractivity contribution < 1.29 is 23.4 Å². The average Bonchev–Trinajstić information content (AvgIpc) is 3.18. The Hall–Kier alpha value is -3.69. The van der Waals surface area contributed by atoms with Gasteiger partial charge in [-0.25, -0.2) is 18.2 Å². The first kappa shape index (κ1) is 23.5. The number of halogens is 3. The molecule has 0 unspecified atom stereocenters. The molecule has 0 amide bonds. The quantitative estimate of drug-likeness (QED) is 0.406. The number of aromatic amines is 1. The van der Waals surface area contributed by atoms with Crippen molar-refractivity contribution in [2.75, 3.05) is 0 Å². The Bertz CT molecular complexity index is 1420. The topological polar surface area (TPSA) is 91.1 Å². The maximum atomic E-state index is 14.7. The van der Waals surface area contributed by atoms with E-state index in [1.54, 1.807) is 13.8 Å². The third-order valence-corrected chi connectivity index (χ3v) is 5.54. The molecule has 3 N–H and O–H groups in total. The zero-order chi connectivity index (χ0) is 24.7. The van der Waals surface area contributed by atoms with Gasteiger partial charge in [0.25, 0.3) is 5.56 Å². The molecule has 0 radical (unpaired) electrons. The Labute approximate surface area is 193 Å². The lowest BCUT2D eigenvalue weighted by Gasteiger charge is -2.14. The molecule has 4 aromatic rings. The second-order valence-electron chi connectivity index (χ2n) is 8.17. The van der Waals surface area contributed by atoms with Crippen molar-refractivity contribution in [2.24, 2.45) is 0 Å². The van der Waals surface area contributed by atoms with Crippen LogP contribution < -0.4 is 5.56 Å². The standard InChI is InChI=1S/C25H22F3N3O3/c1-12-8-17(27)9-13(2)23(12)31-11-15(4-7-20(31)33)21-22(18-6-5-16(26)10-19(18)28)30-25(29-21)24(34)14(3)32/h4-11,14,24,32,34H,1-3H3,(H,29,30)/t14-,24+/m0/s1. The number of H-pyrrole nitrogens is 1. The Morgan fingerprint density at radius 2 is 1.65 bits per heavy atom. The first-order valence-electron chi connectivity index (χ1n) is 10.5. The molecule has 6 nitrogen and oxygen atoms in total. The highest BCUT2D eigenvalue weighted by Gasteiger charge is 2.24. The molecule has 0 saturated heterocycles. The van der Waals surface area contributed by atoms with Crippen LogP contribution in [0.4, 0.5) is 13.2 Å². The maximum Gasteiger partial charge on any atom is 0.255 e. The number of aryl methyl sites for hydroxylation is 2. The Balaban J connectivity index is 1.96. The first-order valence-corrected chi connectivity index (χ1v) is 10.5. The molecule has 0 bridgehead atoms. The summed E-state index contributed by atoms with van der Waals surface area (Å²) in [5.74, 6) is -2.08. The molecule has 34 heavy (non-hydrogen) atoms. The number of imidazole rings is 1. The van der Waals surface area contributed by atoms with Gasteiger partial charge in [0, 0.05) is 29.5 Å². The van der Waals surface area contributed by atoms with Gasteiger partial charge in [-0.1, -0.05) is 0 Å². The number of hydrogen-bond acceptors (Lipinski definition) is 4. The van der Waals surface area contributed by atoms with Gasteiger partial charge in [0.05, 0.1) is 23.2 Å². The summed E-state index contributed by atoms with van der Waals surface area (Å²) in [7, 11) is 0. The van der Waals surface area contributed by atoms with E-state index in [0.717, 1.165) is 12.1 Å². The van der Waals surface area contributed by atoms with Crippen LogP contribution >= 0.6 is 0 Å². The minimum absolute atomic E-state index is 0.0140.